The molecule has 1 N–H and O–H groups in total. The van der Waals surface area contributed by atoms with Crippen LogP contribution in [0.1, 0.15) is 50.3 Å². The number of hydrogen-bond acceptors (Lipinski definition) is 4. The maximum Gasteiger partial charge on any atom is 0.193 e. The van der Waals surface area contributed by atoms with E-state index in [1.54, 1.807) is 0 Å². The molecule has 1 unspecified atom stereocenters. The zero-order valence-electron chi connectivity index (χ0n) is 17.4. The molecule has 1 aromatic heterocycles. The van der Waals surface area contributed by atoms with Crippen LogP contribution in [0, 0.1) is 0 Å². The molecule has 1 saturated heterocycles. The minimum atomic E-state index is 0. The lowest BCUT2D eigenvalue weighted by Gasteiger charge is -2.22. The van der Waals surface area contributed by atoms with Gasteiger partial charge in [0.1, 0.15) is 0 Å². The Morgan fingerprint density at radius 1 is 1.52 bits per heavy atom. The summed E-state index contributed by atoms with van der Waals surface area (Å²) in [7, 11) is 5.85. The maximum atomic E-state index is 5.70. The van der Waals surface area contributed by atoms with E-state index >= 15 is 0 Å². The van der Waals surface area contributed by atoms with E-state index < -0.39 is 0 Å². The van der Waals surface area contributed by atoms with Gasteiger partial charge >= 0.3 is 0 Å². The molecule has 0 aliphatic carbocycles. The number of guanidine groups is 1. The Balaban J connectivity index is 0.00000364. The third-order valence-corrected chi connectivity index (χ3v) is 4.54. The molecule has 0 bridgehead atoms. The number of halogens is 1. The van der Waals surface area contributed by atoms with Crippen LogP contribution in [-0.4, -0.2) is 67.2 Å². The highest BCUT2D eigenvalue weighted by Gasteiger charge is 2.16. The second-order valence-corrected chi connectivity index (χ2v) is 7.26. The van der Waals surface area contributed by atoms with E-state index in [0.717, 1.165) is 57.2 Å². The summed E-state index contributed by atoms with van der Waals surface area (Å²) >= 11 is 0. The fourth-order valence-corrected chi connectivity index (χ4v) is 3.24. The topological polar surface area (TPSA) is 63.9 Å². The van der Waals surface area contributed by atoms with Crippen molar-refractivity contribution in [1.82, 2.24) is 20.0 Å². The van der Waals surface area contributed by atoms with Crippen molar-refractivity contribution in [2.45, 2.75) is 51.7 Å². The first kappa shape index (κ1) is 24.2. The second kappa shape index (κ2) is 12.6. The van der Waals surface area contributed by atoms with Gasteiger partial charge in [-0.2, -0.15) is 5.10 Å². The van der Waals surface area contributed by atoms with E-state index in [1.165, 1.54) is 5.56 Å². The van der Waals surface area contributed by atoms with Gasteiger partial charge in [0.2, 0.25) is 0 Å². The highest BCUT2D eigenvalue weighted by Crippen LogP contribution is 2.18. The molecule has 0 amide bonds. The molecule has 27 heavy (non-hydrogen) atoms. The molecule has 0 spiro atoms. The zero-order chi connectivity index (χ0) is 18.9. The molecule has 1 aliphatic heterocycles. The van der Waals surface area contributed by atoms with Crippen LogP contribution >= 0.6 is 24.0 Å². The minimum Gasteiger partial charge on any atom is -0.379 e. The zero-order valence-corrected chi connectivity index (χ0v) is 19.7. The predicted octanol–water partition coefficient (Wildman–Crippen LogP) is 2.75. The summed E-state index contributed by atoms with van der Waals surface area (Å²) in [5.41, 5.74) is 2.39. The van der Waals surface area contributed by atoms with Crippen molar-refractivity contribution in [1.29, 1.82) is 0 Å². The van der Waals surface area contributed by atoms with Crippen LogP contribution in [0.4, 0.5) is 0 Å². The Labute approximate surface area is 180 Å². The largest absolute Gasteiger partial charge is 0.379 e. The SMILES string of the molecule is CN=C(NCCCOCC1CCCO1)N(C)Cc1cn(C)nc1C(C)C.I. The first-order valence-electron chi connectivity index (χ1n) is 9.64. The highest BCUT2D eigenvalue weighted by atomic mass is 127. The van der Waals surface area contributed by atoms with Crippen molar-refractivity contribution < 1.29 is 9.47 Å². The van der Waals surface area contributed by atoms with Gasteiger partial charge in [-0.25, -0.2) is 0 Å². The molecule has 7 nitrogen and oxygen atoms in total. The first-order chi connectivity index (χ1) is 12.5. The number of nitrogens with zero attached hydrogens (tertiary/aromatic N) is 4. The number of aliphatic imine (C=N–C) groups is 1. The average molecular weight is 493 g/mol. The van der Waals surface area contributed by atoms with Gasteiger partial charge in [0, 0.05) is 59.2 Å². The summed E-state index contributed by atoms with van der Waals surface area (Å²) in [6.45, 7) is 8.32. The summed E-state index contributed by atoms with van der Waals surface area (Å²) in [5.74, 6) is 1.30. The summed E-state index contributed by atoms with van der Waals surface area (Å²) in [5, 5.41) is 7.99. The van der Waals surface area contributed by atoms with Crippen LogP contribution in [0.2, 0.25) is 0 Å². The lowest BCUT2D eigenvalue weighted by Crippen LogP contribution is -2.39. The Morgan fingerprint density at radius 3 is 2.93 bits per heavy atom. The third kappa shape index (κ3) is 7.95. The van der Waals surface area contributed by atoms with Gasteiger partial charge in [0.05, 0.1) is 18.4 Å². The standard InChI is InChI=1S/C19H35N5O2.HI/c1-15(2)18-16(13-24(5)22-18)12-23(4)19(20-3)21-9-7-10-25-14-17-8-6-11-26-17;/h13,15,17H,6-12,14H2,1-5H3,(H,20,21);1H. The van der Waals surface area contributed by atoms with Gasteiger partial charge < -0.3 is 19.7 Å². The lowest BCUT2D eigenvalue weighted by atomic mass is 10.1. The van der Waals surface area contributed by atoms with Crippen LogP contribution in [0.15, 0.2) is 11.2 Å². The first-order valence-corrected chi connectivity index (χ1v) is 9.64. The van der Waals surface area contributed by atoms with Crippen LogP contribution in [0.5, 0.6) is 0 Å². The fourth-order valence-electron chi connectivity index (χ4n) is 3.24. The number of hydrogen-bond donors (Lipinski definition) is 1. The molecular formula is C19H36IN5O2. The van der Waals surface area contributed by atoms with E-state index in [9.17, 15) is 0 Å². The molecule has 0 radical (unpaired) electrons. The van der Waals surface area contributed by atoms with E-state index in [1.807, 2.05) is 18.8 Å². The van der Waals surface area contributed by atoms with E-state index in [4.69, 9.17) is 9.47 Å². The molecular weight excluding hydrogens is 457 g/mol. The van der Waals surface area contributed by atoms with Gasteiger partial charge in [-0.05, 0) is 25.2 Å². The molecule has 1 aromatic rings. The van der Waals surface area contributed by atoms with Crippen LogP contribution in [0.25, 0.3) is 0 Å². The normalized spacial score (nSPS) is 17.3. The Hall–Kier alpha value is -0.870. The maximum absolute atomic E-state index is 5.70. The van der Waals surface area contributed by atoms with Crippen molar-refractivity contribution in [3.63, 3.8) is 0 Å². The summed E-state index contributed by atoms with van der Waals surface area (Å²) in [4.78, 5) is 6.52. The Kier molecular flexibility index (Phi) is 11.2. The molecule has 1 fully saturated rings. The predicted molar refractivity (Wildman–Crippen MR) is 120 cm³/mol. The third-order valence-electron chi connectivity index (χ3n) is 4.54. The van der Waals surface area contributed by atoms with Crippen LogP contribution in [0.3, 0.4) is 0 Å². The lowest BCUT2D eigenvalue weighted by molar-refractivity contribution is 0.0168. The van der Waals surface area contributed by atoms with Crippen molar-refractivity contribution in [2.75, 3.05) is 40.5 Å². The van der Waals surface area contributed by atoms with Gasteiger partial charge in [-0.1, -0.05) is 13.8 Å². The number of ether oxygens (including phenoxy) is 2. The van der Waals surface area contributed by atoms with E-state index in [-0.39, 0.29) is 24.0 Å². The molecule has 8 heteroatoms. The fraction of sp³-hybridized carbons (Fsp3) is 0.789. The van der Waals surface area contributed by atoms with Gasteiger partial charge in [0.25, 0.3) is 0 Å². The summed E-state index contributed by atoms with van der Waals surface area (Å²) in [6.07, 6.45) is 5.63. The van der Waals surface area contributed by atoms with Gasteiger partial charge in [-0.15, -0.1) is 24.0 Å². The van der Waals surface area contributed by atoms with E-state index in [0.29, 0.717) is 18.6 Å². The van der Waals surface area contributed by atoms with Crippen molar-refractivity contribution >= 4 is 29.9 Å². The summed E-state index contributed by atoms with van der Waals surface area (Å²) in [6, 6.07) is 0. The molecule has 2 heterocycles. The average Bonchev–Trinajstić information content (AvgIpc) is 3.23. The van der Waals surface area contributed by atoms with Crippen molar-refractivity contribution in [2.24, 2.45) is 12.0 Å². The molecule has 2 rings (SSSR count). The molecule has 0 saturated carbocycles. The number of rotatable bonds is 9. The molecule has 0 aromatic carbocycles. The number of aromatic nitrogens is 2. The number of aryl methyl sites for hydroxylation is 1. The number of nitrogens with one attached hydrogen (secondary N) is 1. The monoisotopic (exact) mass is 493 g/mol. The highest BCUT2D eigenvalue weighted by molar-refractivity contribution is 14.0. The summed E-state index contributed by atoms with van der Waals surface area (Å²) < 4.78 is 13.2. The molecule has 1 atom stereocenters. The van der Waals surface area contributed by atoms with Crippen LogP contribution < -0.4 is 5.32 Å². The van der Waals surface area contributed by atoms with Crippen molar-refractivity contribution in [3.8, 4) is 0 Å². The Morgan fingerprint density at radius 2 is 2.30 bits per heavy atom. The van der Waals surface area contributed by atoms with Gasteiger partial charge in [-0.3, -0.25) is 9.67 Å². The van der Waals surface area contributed by atoms with Gasteiger partial charge in [0.15, 0.2) is 5.96 Å². The molecule has 156 valence electrons. The molecule has 1 aliphatic rings. The smallest absolute Gasteiger partial charge is 0.193 e. The second-order valence-electron chi connectivity index (χ2n) is 7.26. The Bertz CT molecular complexity index is 570. The minimum absolute atomic E-state index is 0. The quantitative estimate of drug-likeness (QED) is 0.248. The van der Waals surface area contributed by atoms with E-state index in [2.05, 4.69) is 47.4 Å². The van der Waals surface area contributed by atoms with Crippen LogP contribution in [-0.2, 0) is 23.1 Å². The van der Waals surface area contributed by atoms with Crippen molar-refractivity contribution in [3.05, 3.63) is 17.5 Å².